The van der Waals surface area contributed by atoms with Gasteiger partial charge in [-0.1, -0.05) is 31.1 Å². The van der Waals surface area contributed by atoms with E-state index in [1.165, 1.54) is 6.42 Å². The van der Waals surface area contributed by atoms with Crippen molar-refractivity contribution in [3.63, 3.8) is 0 Å². The lowest BCUT2D eigenvalue weighted by atomic mass is 10.1. The smallest absolute Gasteiger partial charge is 0.226 e. The van der Waals surface area contributed by atoms with E-state index in [-0.39, 0.29) is 12.3 Å². The number of benzene rings is 1. The van der Waals surface area contributed by atoms with Crippen LogP contribution in [0.4, 0.5) is 0 Å². The van der Waals surface area contributed by atoms with Crippen molar-refractivity contribution in [2.75, 3.05) is 26.2 Å². The van der Waals surface area contributed by atoms with Crippen LogP contribution >= 0.6 is 0 Å². The van der Waals surface area contributed by atoms with Gasteiger partial charge in [-0.3, -0.25) is 4.79 Å². The number of amides is 1. The zero-order valence-corrected chi connectivity index (χ0v) is 13.9. The second kappa shape index (κ2) is 7.13. The molecule has 1 atom stereocenters. The molecule has 23 heavy (non-hydrogen) atoms. The second-order valence-electron chi connectivity index (χ2n) is 6.91. The van der Waals surface area contributed by atoms with Gasteiger partial charge in [0.15, 0.2) is 5.58 Å². The molecular formula is C18H25N3O2. The molecule has 0 bridgehead atoms. The summed E-state index contributed by atoms with van der Waals surface area (Å²) in [6.45, 7) is 8.63. The SMILES string of the molecule is CC(C)CN1CCC(CNC(=O)Cc2noc3ccccc23)C1. The van der Waals surface area contributed by atoms with Gasteiger partial charge >= 0.3 is 0 Å². The predicted octanol–water partition coefficient (Wildman–Crippen LogP) is 2.46. The van der Waals surface area contributed by atoms with Gasteiger partial charge in [0.2, 0.25) is 5.91 Å². The lowest BCUT2D eigenvalue weighted by Crippen LogP contribution is -2.32. The first-order valence-corrected chi connectivity index (χ1v) is 8.44. The van der Waals surface area contributed by atoms with Crippen LogP contribution < -0.4 is 5.32 Å². The molecule has 5 heteroatoms. The third kappa shape index (κ3) is 4.10. The Morgan fingerprint density at radius 1 is 1.43 bits per heavy atom. The number of hydrogen-bond acceptors (Lipinski definition) is 4. The van der Waals surface area contributed by atoms with Crippen molar-refractivity contribution in [1.29, 1.82) is 0 Å². The molecule has 0 radical (unpaired) electrons. The summed E-state index contributed by atoms with van der Waals surface area (Å²) in [5, 5.41) is 7.99. The summed E-state index contributed by atoms with van der Waals surface area (Å²) in [5.41, 5.74) is 1.45. The molecule has 1 aliphatic heterocycles. The van der Waals surface area contributed by atoms with E-state index in [2.05, 4.69) is 29.2 Å². The Kier molecular flexibility index (Phi) is 4.96. The van der Waals surface area contributed by atoms with Crippen LogP contribution in [0.2, 0.25) is 0 Å². The van der Waals surface area contributed by atoms with E-state index >= 15 is 0 Å². The molecule has 1 aromatic carbocycles. The average Bonchev–Trinajstić information content (AvgIpc) is 3.12. The summed E-state index contributed by atoms with van der Waals surface area (Å²) >= 11 is 0. The van der Waals surface area contributed by atoms with Crippen LogP contribution in [-0.2, 0) is 11.2 Å². The average molecular weight is 315 g/mol. The van der Waals surface area contributed by atoms with Gasteiger partial charge in [-0.15, -0.1) is 0 Å². The summed E-state index contributed by atoms with van der Waals surface area (Å²) in [6, 6.07) is 7.64. The molecule has 1 saturated heterocycles. The van der Waals surface area contributed by atoms with Gasteiger partial charge in [-0.25, -0.2) is 0 Å². The van der Waals surface area contributed by atoms with Crippen LogP contribution in [0.5, 0.6) is 0 Å². The number of nitrogens with one attached hydrogen (secondary N) is 1. The maximum Gasteiger partial charge on any atom is 0.226 e. The molecule has 2 heterocycles. The maximum atomic E-state index is 12.2. The number of nitrogens with zero attached hydrogens (tertiary/aromatic N) is 2. The number of para-hydroxylation sites is 1. The van der Waals surface area contributed by atoms with Crippen molar-refractivity contribution < 1.29 is 9.32 Å². The minimum atomic E-state index is 0.0198. The number of hydrogen-bond donors (Lipinski definition) is 1. The normalized spacial score (nSPS) is 18.8. The molecule has 0 aliphatic carbocycles. The molecule has 124 valence electrons. The van der Waals surface area contributed by atoms with Gasteiger partial charge in [0.1, 0.15) is 5.69 Å². The minimum absolute atomic E-state index is 0.0198. The molecule has 2 aromatic rings. The fraction of sp³-hybridized carbons (Fsp3) is 0.556. The van der Waals surface area contributed by atoms with E-state index in [4.69, 9.17) is 4.52 Å². The standard InChI is InChI=1S/C18H25N3O2/c1-13(2)11-21-8-7-14(12-21)10-19-18(22)9-16-15-5-3-4-6-17(15)23-20-16/h3-6,13-14H,7-12H2,1-2H3,(H,19,22). The number of likely N-dealkylation sites (tertiary alicyclic amines) is 1. The Bertz CT molecular complexity index is 665. The maximum absolute atomic E-state index is 12.2. The number of carbonyl (C=O) groups excluding carboxylic acids is 1. The summed E-state index contributed by atoms with van der Waals surface area (Å²) in [7, 11) is 0. The van der Waals surface area contributed by atoms with E-state index in [0.29, 0.717) is 17.5 Å². The Labute approximate surface area is 137 Å². The van der Waals surface area contributed by atoms with E-state index < -0.39 is 0 Å². The predicted molar refractivity (Wildman–Crippen MR) is 90.1 cm³/mol. The molecule has 1 unspecified atom stereocenters. The summed E-state index contributed by atoms with van der Waals surface area (Å²) in [6.07, 6.45) is 1.44. The van der Waals surface area contributed by atoms with Crippen LogP contribution in [0.3, 0.4) is 0 Å². The molecular weight excluding hydrogens is 290 g/mol. The zero-order chi connectivity index (χ0) is 16.2. The minimum Gasteiger partial charge on any atom is -0.356 e. The Morgan fingerprint density at radius 2 is 2.26 bits per heavy atom. The van der Waals surface area contributed by atoms with Crippen molar-refractivity contribution >= 4 is 16.9 Å². The molecule has 1 amide bonds. The van der Waals surface area contributed by atoms with Crippen LogP contribution in [0, 0.1) is 11.8 Å². The van der Waals surface area contributed by atoms with Gasteiger partial charge < -0.3 is 14.7 Å². The first-order valence-electron chi connectivity index (χ1n) is 8.44. The summed E-state index contributed by atoms with van der Waals surface area (Å²) < 4.78 is 5.24. The van der Waals surface area contributed by atoms with E-state index in [1.807, 2.05) is 24.3 Å². The highest BCUT2D eigenvalue weighted by Gasteiger charge is 2.23. The lowest BCUT2D eigenvalue weighted by Gasteiger charge is -2.18. The van der Waals surface area contributed by atoms with Gasteiger partial charge in [0.25, 0.3) is 0 Å². The summed E-state index contributed by atoms with van der Waals surface area (Å²) in [4.78, 5) is 14.7. The number of fused-ring (bicyclic) bond motifs is 1. The zero-order valence-electron chi connectivity index (χ0n) is 13.9. The molecule has 1 fully saturated rings. The van der Waals surface area contributed by atoms with Crippen molar-refractivity contribution in [3.05, 3.63) is 30.0 Å². The van der Waals surface area contributed by atoms with Crippen LogP contribution in [-0.4, -0.2) is 42.1 Å². The highest BCUT2D eigenvalue weighted by Crippen LogP contribution is 2.19. The first-order chi connectivity index (χ1) is 11.1. The highest BCUT2D eigenvalue weighted by atomic mass is 16.5. The van der Waals surface area contributed by atoms with E-state index in [9.17, 15) is 4.79 Å². The van der Waals surface area contributed by atoms with E-state index in [1.54, 1.807) is 0 Å². The van der Waals surface area contributed by atoms with Gasteiger partial charge in [0.05, 0.1) is 6.42 Å². The Hall–Kier alpha value is -1.88. The monoisotopic (exact) mass is 315 g/mol. The van der Waals surface area contributed by atoms with Crippen LogP contribution in [0.1, 0.15) is 26.0 Å². The molecule has 5 nitrogen and oxygen atoms in total. The number of aromatic nitrogens is 1. The van der Waals surface area contributed by atoms with Crippen LogP contribution in [0.15, 0.2) is 28.8 Å². The molecule has 1 aliphatic rings. The Morgan fingerprint density at radius 3 is 3.09 bits per heavy atom. The molecule has 0 spiro atoms. The van der Waals surface area contributed by atoms with Gasteiger partial charge in [-0.05, 0) is 36.9 Å². The topological polar surface area (TPSA) is 58.4 Å². The third-order valence-electron chi connectivity index (χ3n) is 4.36. The Balaban J connectivity index is 1.47. The van der Waals surface area contributed by atoms with Gasteiger partial charge in [0, 0.05) is 25.0 Å². The number of carbonyl (C=O) groups is 1. The summed E-state index contributed by atoms with van der Waals surface area (Å²) in [5.74, 6) is 1.28. The van der Waals surface area contributed by atoms with Crippen molar-refractivity contribution in [2.45, 2.75) is 26.7 Å². The fourth-order valence-electron chi connectivity index (χ4n) is 3.30. The third-order valence-corrected chi connectivity index (χ3v) is 4.36. The molecule has 1 N–H and O–H groups in total. The van der Waals surface area contributed by atoms with Crippen molar-refractivity contribution in [1.82, 2.24) is 15.4 Å². The molecule has 1 aromatic heterocycles. The first kappa shape index (κ1) is 16.0. The van der Waals surface area contributed by atoms with Crippen molar-refractivity contribution in [3.8, 4) is 0 Å². The van der Waals surface area contributed by atoms with E-state index in [0.717, 1.165) is 37.1 Å². The van der Waals surface area contributed by atoms with Gasteiger partial charge in [-0.2, -0.15) is 0 Å². The molecule has 3 rings (SSSR count). The van der Waals surface area contributed by atoms with Crippen molar-refractivity contribution in [2.24, 2.45) is 11.8 Å². The lowest BCUT2D eigenvalue weighted by molar-refractivity contribution is -0.120. The molecule has 0 saturated carbocycles. The largest absolute Gasteiger partial charge is 0.356 e. The van der Waals surface area contributed by atoms with Crippen LogP contribution in [0.25, 0.3) is 11.0 Å². The number of rotatable bonds is 6. The highest BCUT2D eigenvalue weighted by molar-refractivity contribution is 5.86. The quantitative estimate of drug-likeness (QED) is 0.889. The second-order valence-corrected chi connectivity index (χ2v) is 6.91. The fourth-order valence-corrected chi connectivity index (χ4v) is 3.30.